The molecule has 1 N–H and O–H groups in total. The van der Waals surface area contributed by atoms with Gasteiger partial charge in [0.05, 0.1) is 31.2 Å². The lowest BCUT2D eigenvalue weighted by molar-refractivity contribution is -0.113. The van der Waals surface area contributed by atoms with Crippen LogP contribution in [0.1, 0.15) is 19.2 Å². The van der Waals surface area contributed by atoms with Gasteiger partial charge in [0.25, 0.3) is 0 Å². The van der Waals surface area contributed by atoms with E-state index in [1.807, 2.05) is 24.3 Å². The minimum absolute atomic E-state index is 0.142. The molecule has 6 nitrogen and oxygen atoms in total. The molecule has 0 atom stereocenters. The summed E-state index contributed by atoms with van der Waals surface area (Å²) in [5.74, 6) is 2.12. The smallest absolute Gasteiger partial charge is 0.234 e. The van der Waals surface area contributed by atoms with E-state index in [0.29, 0.717) is 17.2 Å². The molecule has 0 unspecified atom stereocenters. The molecule has 28 heavy (non-hydrogen) atoms. The Labute approximate surface area is 168 Å². The molecule has 3 aromatic rings. The van der Waals surface area contributed by atoms with Gasteiger partial charge in [-0.25, -0.2) is 9.97 Å². The largest absolute Gasteiger partial charge is 0.497 e. The van der Waals surface area contributed by atoms with Gasteiger partial charge >= 0.3 is 0 Å². The number of anilines is 1. The monoisotopic (exact) mass is 397 g/mol. The second-order valence-electron chi connectivity index (χ2n) is 6.12. The average molecular weight is 398 g/mol. The van der Waals surface area contributed by atoms with Crippen molar-refractivity contribution in [3.63, 3.8) is 0 Å². The molecule has 1 heterocycles. The fourth-order valence-corrected chi connectivity index (χ4v) is 3.61. The summed E-state index contributed by atoms with van der Waals surface area (Å²) in [6.45, 7) is 2.10. The molecule has 146 valence electrons. The molecule has 0 saturated carbocycles. The number of carbonyl (C=O) groups excluding carboxylic acids is 1. The number of rotatable bonds is 8. The van der Waals surface area contributed by atoms with Crippen LogP contribution in [0.3, 0.4) is 0 Å². The number of nitrogens with one attached hydrogen (secondary N) is 1. The first-order valence-corrected chi connectivity index (χ1v) is 10.0. The van der Waals surface area contributed by atoms with Gasteiger partial charge in [0, 0.05) is 17.9 Å². The summed E-state index contributed by atoms with van der Waals surface area (Å²) in [6.07, 6.45) is 1.78. The third-order valence-corrected chi connectivity index (χ3v) is 5.10. The molecule has 0 bridgehead atoms. The molecular formula is C21H23N3O3S. The number of methoxy groups -OCH3 is 2. The van der Waals surface area contributed by atoms with Gasteiger partial charge in [-0.1, -0.05) is 36.9 Å². The molecule has 1 amide bonds. The minimum atomic E-state index is -0.142. The Morgan fingerprint density at radius 1 is 1.11 bits per heavy atom. The van der Waals surface area contributed by atoms with E-state index < -0.39 is 0 Å². The molecule has 0 aliphatic heterocycles. The Balaban J connectivity index is 1.76. The van der Waals surface area contributed by atoms with Gasteiger partial charge < -0.3 is 14.8 Å². The van der Waals surface area contributed by atoms with Crippen LogP contribution in [0, 0.1) is 0 Å². The predicted molar refractivity (Wildman–Crippen MR) is 112 cm³/mol. The van der Waals surface area contributed by atoms with Gasteiger partial charge in [0.15, 0.2) is 0 Å². The maximum Gasteiger partial charge on any atom is 0.234 e. The molecule has 2 aromatic carbocycles. The second-order valence-corrected chi connectivity index (χ2v) is 7.08. The SMILES string of the molecule is CCCc1nc(SCC(=O)Nc2cc(OC)ccc2OC)c2ccccc2n1. The molecular weight excluding hydrogens is 374 g/mol. The van der Waals surface area contributed by atoms with Crippen LogP contribution in [0.4, 0.5) is 5.69 Å². The molecule has 0 radical (unpaired) electrons. The zero-order valence-corrected chi connectivity index (χ0v) is 17.0. The van der Waals surface area contributed by atoms with Crippen LogP contribution in [-0.4, -0.2) is 35.8 Å². The highest BCUT2D eigenvalue weighted by molar-refractivity contribution is 8.00. The Morgan fingerprint density at radius 3 is 2.68 bits per heavy atom. The van der Waals surface area contributed by atoms with Gasteiger partial charge in [0.1, 0.15) is 22.3 Å². The normalized spacial score (nSPS) is 10.7. The Bertz CT molecular complexity index is 978. The first-order chi connectivity index (χ1) is 13.6. The zero-order valence-electron chi connectivity index (χ0n) is 16.2. The van der Waals surface area contributed by atoms with Crippen LogP contribution in [0.15, 0.2) is 47.5 Å². The van der Waals surface area contributed by atoms with Crippen LogP contribution in [0.5, 0.6) is 11.5 Å². The van der Waals surface area contributed by atoms with Gasteiger partial charge in [-0.2, -0.15) is 0 Å². The highest BCUT2D eigenvalue weighted by Gasteiger charge is 2.13. The fraction of sp³-hybridized carbons (Fsp3) is 0.286. The molecule has 1 aromatic heterocycles. The number of ether oxygens (including phenoxy) is 2. The van der Waals surface area contributed by atoms with Crippen molar-refractivity contribution in [1.82, 2.24) is 9.97 Å². The van der Waals surface area contributed by atoms with Crippen molar-refractivity contribution in [2.45, 2.75) is 24.8 Å². The van der Waals surface area contributed by atoms with Crippen LogP contribution < -0.4 is 14.8 Å². The average Bonchev–Trinajstić information content (AvgIpc) is 2.72. The molecule has 7 heteroatoms. The summed E-state index contributed by atoms with van der Waals surface area (Å²) in [5.41, 5.74) is 1.48. The number of para-hydroxylation sites is 1. The maximum absolute atomic E-state index is 12.5. The van der Waals surface area contributed by atoms with Gasteiger partial charge in [0.2, 0.25) is 5.91 Å². The number of aromatic nitrogens is 2. The van der Waals surface area contributed by atoms with E-state index in [1.165, 1.54) is 11.8 Å². The molecule has 0 spiro atoms. The predicted octanol–water partition coefficient (Wildman–Crippen LogP) is 4.33. The van der Waals surface area contributed by atoms with E-state index in [9.17, 15) is 4.79 Å². The van der Waals surface area contributed by atoms with Crippen LogP contribution in [0.2, 0.25) is 0 Å². The highest BCUT2D eigenvalue weighted by Crippen LogP contribution is 2.30. The van der Waals surface area contributed by atoms with Gasteiger partial charge in [-0.3, -0.25) is 4.79 Å². The second kappa shape index (κ2) is 9.41. The minimum Gasteiger partial charge on any atom is -0.497 e. The number of amides is 1. The van der Waals surface area contributed by atoms with Crippen molar-refractivity contribution >= 4 is 34.3 Å². The Morgan fingerprint density at radius 2 is 1.93 bits per heavy atom. The van der Waals surface area contributed by atoms with Crippen molar-refractivity contribution in [1.29, 1.82) is 0 Å². The number of nitrogens with zero attached hydrogens (tertiary/aromatic N) is 2. The van der Waals surface area contributed by atoms with Crippen molar-refractivity contribution in [2.75, 3.05) is 25.3 Å². The van der Waals surface area contributed by atoms with Gasteiger partial charge in [-0.15, -0.1) is 0 Å². The summed E-state index contributed by atoms with van der Waals surface area (Å²) in [6, 6.07) is 13.2. The van der Waals surface area contributed by atoms with Crippen molar-refractivity contribution in [3.8, 4) is 11.5 Å². The van der Waals surface area contributed by atoms with Crippen LogP contribution in [-0.2, 0) is 11.2 Å². The lowest BCUT2D eigenvalue weighted by atomic mass is 10.2. The number of thioether (sulfide) groups is 1. The standard InChI is InChI=1S/C21H23N3O3S/c1-4-7-19-22-16-9-6-5-8-15(16)21(24-19)28-13-20(25)23-17-12-14(26-2)10-11-18(17)27-3/h5-6,8-12H,4,7,13H2,1-3H3,(H,23,25). The van der Waals surface area contributed by atoms with Gasteiger partial charge in [-0.05, 0) is 24.6 Å². The lowest BCUT2D eigenvalue weighted by Crippen LogP contribution is -2.15. The molecule has 3 rings (SSSR count). The summed E-state index contributed by atoms with van der Waals surface area (Å²) < 4.78 is 10.5. The van der Waals surface area contributed by atoms with E-state index in [0.717, 1.165) is 34.6 Å². The highest BCUT2D eigenvalue weighted by atomic mass is 32.2. The van der Waals surface area contributed by atoms with E-state index >= 15 is 0 Å². The third-order valence-electron chi connectivity index (χ3n) is 4.11. The fourth-order valence-electron chi connectivity index (χ4n) is 2.77. The maximum atomic E-state index is 12.5. The number of benzene rings is 2. The van der Waals surface area contributed by atoms with Crippen LogP contribution in [0.25, 0.3) is 10.9 Å². The van der Waals surface area contributed by atoms with Crippen LogP contribution >= 0.6 is 11.8 Å². The molecule has 0 fully saturated rings. The van der Waals surface area contributed by atoms with Crippen molar-refractivity contribution in [3.05, 3.63) is 48.3 Å². The lowest BCUT2D eigenvalue weighted by Gasteiger charge is -2.12. The van der Waals surface area contributed by atoms with E-state index in [-0.39, 0.29) is 11.7 Å². The Kier molecular flexibility index (Phi) is 6.71. The number of hydrogen-bond acceptors (Lipinski definition) is 6. The quantitative estimate of drug-likeness (QED) is 0.450. The number of fused-ring (bicyclic) bond motifs is 1. The molecule has 0 aliphatic rings. The number of carbonyl (C=O) groups is 1. The summed E-state index contributed by atoms with van der Waals surface area (Å²) in [5, 5.41) is 4.66. The Hall–Kier alpha value is -2.80. The zero-order chi connectivity index (χ0) is 19.9. The number of hydrogen-bond donors (Lipinski definition) is 1. The summed E-state index contributed by atoms with van der Waals surface area (Å²) >= 11 is 1.41. The summed E-state index contributed by atoms with van der Waals surface area (Å²) in [7, 11) is 3.14. The first-order valence-electron chi connectivity index (χ1n) is 9.05. The topological polar surface area (TPSA) is 73.3 Å². The molecule has 0 aliphatic carbocycles. The van der Waals surface area contributed by atoms with E-state index in [4.69, 9.17) is 9.47 Å². The first kappa shape index (κ1) is 19.9. The molecule has 0 saturated heterocycles. The van der Waals surface area contributed by atoms with E-state index in [2.05, 4.69) is 22.2 Å². The number of aryl methyl sites for hydroxylation is 1. The van der Waals surface area contributed by atoms with Crippen molar-refractivity contribution in [2.24, 2.45) is 0 Å². The third kappa shape index (κ3) is 4.72. The summed E-state index contributed by atoms with van der Waals surface area (Å²) in [4.78, 5) is 21.8. The van der Waals surface area contributed by atoms with Crippen molar-refractivity contribution < 1.29 is 14.3 Å². The van der Waals surface area contributed by atoms with E-state index in [1.54, 1.807) is 32.4 Å².